The van der Waals surface area contributed by atoms with Crippen molar-refractivity contribution in [1.82, 2.24) is 15.6 Å². The third kappa shape index (κ3) is 5.95. The summed E-state index contributed by atoms with van der Waals surface area (Å²) in [5.41, 5.74) is 0.674. The lowest BCUT2D eigenvalue weighted by molar-refractivity contribution is -0.115. The molecule has 0 spiro atoms. The summed E-state index contributed by atoms with van der Waals surface area (Å²) in [7, 11) is 1.64. The van der Waals surface area contributed by atoms with Crippen LogP contribution >= 0.6 is 0 Å². The van der Waals surface area contributed by atoms with Crippen LogP contribution in [0.25, 0.3) is 0 Å². The lowest BCUT2D eigenvalue weighted by Crippen LogP contribution is -2.41. The topological polar surface area (TPSA) is 91.5 Å². The van der Waals surface area contributed by atoms with Crippen molar-refractivity contribution in [2.24, 2.45) is 4.99 Å². The van der Waals surface area contributed by atoms with E-state index in [1.54, 1.807) is 13.2 Å². The molecule has 0 bridgehead atoms. The van der Waals surface area contributed by atoms with Gasteiger partial charge in [-0.25, -0.2) is 4.98 Å². The summed E-state index contributed by atoms with van der Waals surface area (Å²) in [6.07, 6.45) is 1.74. The zero-order valence-corrected chi connectivity index (χ0v) is 15.1. The van der Waals surface area contributed by atoms with Crippen molar-refractivity contribution in [2.75, 3.05) is 18.9 Å². The number of aromatic nitrogens is 1. The molecular weight excluding hydrogens is 318 g/mol. The SMILES string of the molecule is CN=C(NCC(=O)Nc1ccccc1)NCc1ncc(C(C)(C)C)o1. The summed E-state index contributed by atoms with van der Waals surface area (Å²) in [6, 6.07) is 9.30. The molecule has 3 N–H and O–H groups in total. The van der Waals surface area contributed by atoms with Crippen molar-refractivity contribution in [3.8, 4) is 0 Å². The van der Waals surface area contributed by atoms with Crippen LogP contribution in [-0.2, 0) is 16.8 Å². The Balaban J connectivity index is 1.79. The van der Waals surface area contributed by atoms with Gasteiger partial charge in [0.25, 0.3) is 0 Å². The fourth-order valence-electron chi connectivity index (χ4n) is 2.01. The molecule has 0 radical (unpaired) electrons. The monoisotopic (exact) mass is 343 g/mol. The van der Waals surface area contributed by atoms with Gasteiger partial charge in [-0.1, -0.05) is 39.0 Å². The first-order valence-electron chi connectivity index (χ1n) is 8.13. The maximum atomic E-state index is 11.9. The van der Waals surface area contributed by atoms with E-state index >= 15 is 0 Å². The number of nitrogens with one attached hydrogen (secondary N) is 3. The van der Waals surface area contributed by atoms with Crippen LogP contribution in [0.1, 0.15) is 32.4 Å². The number of benzene rings is 1. The van der Waals surface area contributed by atoms with Gasteiger partial charge < -0.3 is 20.4 Å². The van der Waals surface area contributed by atoms with E-state index in [2.05, 4.69) is 46.7 Å². The molecule has 134 valence electrons. The predicted molar refractivity (Wildman–Crippen MR) is 98.5 cm³/mol. The maximum Gasteiger partial charge on any atom is 0.243 e. The predicted octanol–water partition coefficient (Wildman–Crippen LogP) is 2.28. The van der Waals surface area contributed by atoms with Crippen LogP contribution in [0, 0.1) is 0 Å². The van der Waals surface area contributed by atoms with E-state index in [-0.39, 0.29) is 17.9 Å². The van der Waals surface area contributed by atoms with E-state index in [1.807, 2.05) is 30.3 Å². The summed E-state index contributed by atoms with van der Waals surface area (Å²) >= 11 is 0. The van der Waals surface area contributed by atoms with Gasteiger partial charge in [0.1, 0.15) is 5.76 Å². The first-order chi connectivity index (χ1) is 11.9. The molecule has 0 aliphatic rings. The molecule has 1 aromatic heterocycles. The number of para-hydroxylation sites is 1. The molecule has 0 fully saturated rings. The van der Waals surface area contributed by atoms with E-state index in [9.17, 15) is 4.79 Å². The fraction of sp³-hybridized carbons (Fsp3) is 0.389. The van der Waals surface area contributed by atoms with E-state index in [0.29, 0.717) is 18.4 Å². The van der Waals surface area contributed by atoms with Gasteiger partial charge in [-0.3, -0.25) is 9.79 Å². The summed E-state index contributed by atoms with van der Waals surface area (Å²) < 4.78 is 5.71. The largest absolute Gasteiger partial charge is 0.443 e. The molecule has 0 aliphatic heterocycles. The van der Waals surface area contributed by atoms with Gasteiger partial charge in [0.05, 0.1) is 19.3 Å². The average molecular weight is 343 g/mol. The fourth-order valence-corrected chi connectivity index (χ4v) is 2.01. The number of hydrogen-bond donors (Lipinski definition) is 3. The van der Waals surface area contributed by atoms with Gasteiger partial charge in [0, 0.05) is 18.2 Å². The maximum absolute atomic E-state index is 11.9. The van der Waals surface area contributed by atoms with Gasteiger partial charge in [-0.2, -0.15) is 0 Å². The van der Waals surface area contributed by atoms with Crippen LogP contribution in [0.4, 0.5) is 5.69 Å². The number of oxazole rings is 1. The Labute approximate surface area is 147 Å². The summed E-state index contributed by atoms with van der Waals surface area (Å²) in [4.78, 5) is 20.3. The van der Waals surface area contributed by atoms with E-state index < -0.39 is 0 Å². The molecule has 1 heterocycles. The Hall–Kier alpha value is -2.83. The molecule has 7 heteroatoms. The molecule has 0 aliphatic carbocycles. The smallest absolute Gasteiger partial charge is 0.243 e. The number of aliphatic imine (C=N–C) groups is 1. The van der Waals surface area contributed by atoms with Crippen LogP contribution < -0.4 is 16.0 Å². The number of guanidine groups is 1. The van der Waals surface area contributed by atoms with Crippen molar-refractivity contribution < 1.29 is 9.21 Å². The highest BCUT2D eigenvalue weighted by Crippen LogP contribution is 2.22. The number of rotatable bonds is 5. The van der Waals surface area contributed by atoms with Crippen LogP contribution in [0.3, 0.4) is 0 Å². The number of nitrogens with zero attached hydrogens (tertiary/aromatic N) is 2. The van der Waals surface area contributed by atoms with Crippen LogP contribution in [-0.4, -0.2) is 30.4 Å². The van der Waals surface area contributed by atoms with Crippen molar-refractivity contribution in [3.05, 3.63) is 48.2 Å². The average Bonchev–Trinajstić information content (AvgIpc) is 3.05. The minimum absolute atomic E-state index is 0.0826. The van der Waals surface area contributed by atoms with Crippen LogP contribution in [0.15, 0.2) is 45.9 Å². The second kappa shape index (κ2) is 8.32. The standard InChI is InChI=1S/C18H25N5O2/c1-18(2,3)14-10-20-16(25-14)12-22-17(19-4)21-11-15(24)23-13-8-6-5-7-9-13/h5-10H,11-12H2,1-4H3,(H,23,24)(H2,19,21,22). The lowest BCUT2D eigenvalue weighted by Gasteiger charge is -2.13. The Morgan fingerprint density at radius 2 is 1.92 bits per heavy atom. The van der Waals surface area contributed by atoms with Gasteiger partial charge in [0.15, 0.2) is 5.96 Å². The van der Waals surface area contributed by atoms with Crippen molar-refractivity contribution in [3.63, 3.8) is 0 Å². The Morgan fingerprint density at radius 3 is 2.52 bits per heavy atom. The number of anilines is 1. The molecule has 0 saturated carbocycles. The normalized spacial score (nSPS) is 11.9. The summed E-state index contributed by atoms with van der Waals surface area (Å²) in [5.74, 6) is 1.75. The van der Waals surface area contributed by atoms with Crippen LogP contribution in [0.2, 0.25) is 0 Å². The van der Waals surface area contributed by atoms with E-state index in [0.717, 1.165) is 11.4 Å². The summed E-state index contributed by atoms with van der Waals surface area (Å²) in [6.45, 7) is 6.69. The van der Waals surface area contributed by atoms with Crippen LogP contribution in [0.5, 0.6) is 0 Å². The second-order valence-electron chi connectivity index (χ2n) is 6.56. The number of hydrogen-bond acceptors (Lipinski definition) is 4. The molecular formula is C18H25N5O2. The molecule has 7 nitrogen and oxygen atoms in total. The van der Waals surface area contributed by atoms with Crippen molar-refractivity contribution >= 4 is 17.6 Å². The number of carbonyl (C=O) groups is 1. The Kier molecular flexibility index (Phi) is 6.16. The minimum Gasteiger partial charge on any atom is -0.443 e. The Morgan fingerprint density at radius 1 is 1.20 bits per heavy atom. The molecule has 2 aromatic rings. The van der Waals surface area contributed by atoms with Crippen molar-refractivity contribution in [1.29, 1.82) is 0 Å². The molecule has 0 unspecified atom stereocenters. The molecule has 1 aromatic carbocycles. The Bertz CT molecular complexity index is 717. The zero-order chi connectivity index (χ0) is 18.3. The second-order valence-corrected chi connectivity index (χ2v) is 6.56. The molecule has 0 atom stereocenters. The third-order valence-corrected chi connectivity index (χ3v) is 3.40. The quantitative estimate of drug-likeness (QED) is 0.572. The van der Waals surface area contributed by atoms with Gasteiger partial charge in [0.2, 0.25) is 11.8 Å². The van der Waals surface area contributed by atoms with Gasteiger partial charge in [-0.15, -0.1) is 0 Å². The van der Waals surface area contributed by atoms with E-state index in [1.165, 1.54) is 0 Å². The molecule has 25 heavy (non-hydrogen) atoms. The van der Waals surface area contributed by atoms with Gasteiger partial charge >= 0.3 is 0 Å². The lowest BCUT2D eigenvalue weighted by atomic mass is 9.94. The highest BCUT2D eigenvalue weighted by atomic mass is 16.4. The molecule has 0 saturated heterocycles. The van der Waals surface area contributed by atoms with Gasteiger partial charge in [-0.05, 0) is 12.1 Å². The third-order valence-electron chi connectivity index (χ3n) is 3.40. The number of amides is 1. The highest BCUT2D eigenvalue weighted by molar-refractivity contribution is 5.94. The highest BCUT2D eigenvalue weighted by Gasteiger charge is 2.19. The molecule has 1 amide bonds. The first-order valence-corrected chi connectivity index (χ1v) is 8.13. The molecule has 2 rings (SSSR count). The van der Waals surface area contributed by atoms with E-state index in [4.69, 9.17) is 4.42 Å². The van der Waals surface area contributed by atoms with Crippen molar-refractivity contribution in [2.45, 2.75) is 32.7 Å². The minimum atomic E-state index is -0.153. The number of carbonyl (C=O) groups excluding carboxylic acids is 1. The zero-order valence-electron chi connectivity index (χ0n) is 15.1. The first kappa shape index (κ1) is 18.5. The summed E-state index contributed by atoms with van der Waals surface area (Å²) in [5, 5.41) is 8.83.